The molecule has 3 rings (SSSR count). The third kappa shape index (κ3) is 2.81. The van der Waals surface area contributed by atoms with E-state index >= 15 is 0 Å². The highest BCUT2D eigenvalue weighted by Crippen LogP contribution is 2.29. The largest absolute Gasteiger partial charge is 0.478 e. The summed E-state index contributed by atoms with van der Waals surface area (Å²) in [4.78, 5) is 11.0. The second kappa shape index (κ2) is 5.74. The van der Waals surface area contributed by atoms with Crippen LogP contribution in [0.5, 0.6) is 5.88 Å². The van der Waals surface area contributed by atoms with Crippen LogP contribution in [-0.4, -0.2) is 46.6 Å². The maximum Gasteiger partial charge on any atom is 0.218 e. The lowest BCUT2D eigenvalue weighted by atomic mass is 10.1. The van der Waals surface area contributed by atoms with Crippen molar-refractivity contribution < 1.29 is 4.74 Å². The molecule has 19 heavy (non-hydrogen) atoms. The molecule has 2 unspecified atom stereocenters. The summed E-state index contributed by atoms with van der Waals surface area (Å²) in [6.07, 6.45) is 6.42. The van der Waals surface area contributed by atoms with Crippen LogP contribution in [0, 0.1) is 0 Å². The molecule has 2 atom stereocenters. The van der Waals surface area contributed by atoms with E-state index in [1.807, 2.05) is 6.07 Å². The minimum absolute atomic E-state index is 0.524. The van der Waals surface area contributed by atoms with Crippen LogP contribution in [0.25, 0.3) is 0 Å². The summed E-state index contributed by atoms with van der Waals surface area (Å²) in [6, 6.07) is 3.12. The zero-order valence-corrected chi connectivity index (χ0v) is 11.5. The van der Waals surface area contributed by atoms with Crippen LogP contribution in [-0.2, 0) is 0 Å². The van der Waals surface area contributed by atoms with Gasteiger partial charge in [0.15, 0.2) is 0 Å². The van der Waals surface area contributed by atoms with Gasteiger partial charge < -0.3 is 10.1 Å². The number of rotatable bonds is 5. The molecule has 5 nitrogen and oxygen atoms in total. The van der Waals surface area contributed by atoms with Gasteiger partial charge in [-0.2, -0.15) is 0 Å². The van der Waals surface area contributed by atoms with Crippen molar-refractivity contribution in [3.05, 3.63) is 12.4 Å². The molecular formula is C14H22N4O. The molecule has 5 heteroatoms. The van der Waals surface area contributed by atoms with Gasteiger partial charge in [0.05, 0.1) is 6.61 Å². The third-order valence-corrected chi connectivity index (χ3v) is 4.04. The molecule has 0 bridgehead atoms. The molecular weight excluding hydrogens is 240 g/mol. The molecule has 2 aliphatic rings. The number of aromatic nitrogens is 2. The van der Waals surface area contributed by atoms with Gasteiger partial charge >= 0.3 is 0 Å². The zero-order valence-electron chi connectivity index (χ0n) is 11.5. The van der Waals surface area contributed by atoms with E-state index in [9.17, 15) is 0 Å². The molecule has 0 radical (unpaired) electrons. The number of nitrogens with zero attached hydrogens (tertiary/aromatic N) is 3. The maximum absolute atomic E-state index is 5.55. The van der Waals surface area contributed by atoms with Crippen LogP contribution in [0.3, 0.4) is 0 Å². The van der Waals surface area contributed by atoms with Crippen LogP contribution in [0.4, 0.5) is 5.82 Å². The van der Waals surface area contributed by atoms with Crippen LogP contribution >= 0.6 is 0 Å². The van der Waals surface area contributed by atoms with Crippen LogP contribution in [0.15, 0.2) is 12.4 Å². The van der Waals surface area contributed by atoms with Crippen molar-refractivity contribution in [2.75, 3.05) is 25.0 Å². The van der Waals surface area contributed by atoms with Gasteiger partial charge in [-0.15, -0.1) is 0 Å². The van der Waals surface area contributed by atoms with E-state index in [0.29, 0.717) is 24.6 Å². The summed E-state index contributed by atoms with van der Waals surface area (Å²) in [6.45, 7) is 5.27. The van der Waals surface area contributed by atoms with Crippen LogP contribution in [0.1, 0.15) is 32.6 Å². The summed E-state index contributed by atoms with van der Waals surface area (Å²) >= 11 is 0. The summed E-state index contributed by atoms with van der Waals surface area (Å²) in [5, 5.41) is 3.56. The first-order chi connectivity index (χ1) is 9.36. The number of nitrogens with one attached hydrogen (secondary N) is 1. The van der Waals surface area contributed by atoms with Crippen molar-refractivity contribution in [2.45, 2.75) is 44.7 Å². The van der Waals surface area contributed by atoms with E-state index in [1.54, 1.807) is 6.33 Å². The lowest BCUT2D eigenvalue weighted by Gasteiger charge is -2.21. The van der Waals surface area contributed by atoms with Gasteiger partial charge in [-0.1, -0.05) is 6.92 Å². The molecule has 0 amide bonds. The molecule has 104 valence electrons. The SMILES string of the molecule is CCCOc1cc(NC2CCN3CCCC23)ncn1. The lowest BCUT2D eigenvalue weighted by Crippen LogP contribution is -2.34. The summed E-state index contributed by atoms with van der Waals surface area (Å²) in [7, 11) is 0. The van der Waals surface area contributed by atoms with Crippen LogP contribution in [0.2, 0.25) is 0 Å². The Hall–Kier alpha value is -1.36. The quantitative estimate of drug-likeness (QED) is 0.878. The Kier molecular flexibility index (Phi) is 3.82. The second-order valence-corrected chi connectivity index (χ2v) is 5.37. The van der Waals surface area contributed by atoms with E-state index < -0.39 is 0 Å². The monoisotopic (exact) mass is 262 g/mol. The Morgan fingerprint density at radius 3 is 3.21 bits per heavy atom. The predicted molar refractivity (Wildman–Crippen MR) is 74.4 cm³/mol. The number of anilines is 1. The summed E-state index contributed by atoms with van der Waals surface area (Å²) in [5.41, 5.74) is 0. The molecule has 1 aromatic rings. The van der Waals surface area contributed by atoms with Crippen molar-refractivity contribution in [1.82, 2.24) is 14.9 Å². The fraction of sp³-hybridized carbons (Fsp3) is 0.714. The molecule has 2 aliphatic heterocycles. The van der Waals surface area contributed by atoms with Gasteiger partial charge in [-0.3, -0.25) is 4.90 Å². The van der Waals surface area contributed by atoms with Crippen molar-refractivity contribution >= 4 is 5.82 Å². The number of hydrogen-bond donors (Lipinski definition) is 1. The Labute approximate surface area is 114 Å². The molecule has 2 saturated heterocycles. The van der Waals surface area contributed by atoms with E-state index in [4.69, 9.17) is 4.74 Å². The van der Waals surface area contributed by atoms with E-state index in [0.717, 1.165) is 12.2 Å². The van der Waals surface area contributed by atoms with Gasteiger partial charge in [0.2, 0.25) is 5.88 Å². The first-order valence-electron chi connectivity index (χ1n) is 7.32. The van der Waals surface area contributed by atoms with E-state index in [1.165, 1.54) is 32.4 Å². The first kappa shape index (κ1) is 12.7. The summed E-state index contributed by atoms with van der Waals surface area (Å²) < 4.78 is 5.55. The zero-order chi connectivity index (χ0) is 13.1. The van der Waals surface area contributed by atoms with Gasteiger partial charge in [-0.25, -0.2) is 9.97 Å². The maximum atomic E-state index is 5.55. The first-order valence-corrected chi connectivity index (χ1v) is 7.32. The molecule has 0 aromatic carbocycles. The highest BCUT2D eigenvalue weighted by Gasteiger charge is 2.37. The standard InChI is InChI=1S/C14H22N4O/c1-2-8-19-14-9-13(15-10-16-14)17-11-5-7-18-6-3-4-12(11)18/h9-12H,2-8H2,1H3,(H,15,16,17). The molecule has 2 fully saturated rings. The van der Waals surface area contributed by atoms with Gasteiger partial charge in [0, 0.05) is 24.7 Å². The molecule has 0 spiro atoms. The van der Waals surface area contributed by atoms with Crippen molar-refractivity contribution in [3.63, 3.8) is 0 Å². The third-order valence-electron chi connectivity index (χ3n) is 4.04. The minimum atomic E-state index is 0.524. The Bertz CT molecular complexity index is 426. The number of hydrogen-bond acceptors (Lipinski definition) is 5. The van der Waals surface area contributed by atoms with Crippen LogP contribution < -0.4 is 10.1 Å². The fourth-order valence-electron chi connectivity index (χ4n) is 3.14. The topological polar surface area (TPSA) is 50.3 Å². The average molecular weight is 262 g/mol. The highest BCUT2D eigenvalue weighted by molar-refractivity contribution is 5.39. The molecule has 1 aromatic heterocycles. The van der Waals surface area contributed by atoms with Crippen molar-refractivity contribution in [1.29, 1.82) is 0 Å². The minimum Gasteiger partial charge on any atom is -0.478 e. The Balaban J connectivity index is 1.63. The smallest absolute Gasteiger partial charge is 0.218 e. The average Bonchev–Trinajstić information content (AvgIpc) is 3.02. The number of fused-ring (bicyclic) bond motifs is 1. The molecule has 0 aliphatic carbocycles. The van der Waals surface area contributed by atoms with E-state index in [2.05, 4.69) is 27.1 Å². The van der Waals surface area contributed by atoms with Crippen molar-refractivity contribution in [3.8, 4) is 5.88 Å². The highest BCUT2D eigenvalue weighted by atomic mass is 16.5. The van der Waals surface area contributed by atoms with Gasteiger partial charge in [0.25, 0.3) is 0 Å². The lowest BCUT2D eigenvalue weighted by molar-refractivity contribution is 0.304. The van der Waals surface area contributed by atoms with E-state index in [-0.39, 0.29) is 0 Å². The Morgan fingerprint density at radius 2 is 2.32 bits per heavy atom. The second-order valence-electron chi connectivity index (χ2n) is 5.37. The molecule has 1 N–H and O–H groups in total. The number of ether oxygens (including phenoxy) is 1. The normalized spacial score (nSPS) is 26.4. The predicted octanol–water partition coefficient (Wildman–Crippen LogP) is 1.91. The fourth-order valence-corrected chi connectivity index (χ4v) is 3.14. The molecule has 0 saturated carbocycles. The van der Waals surface area contributed by atoms with Gasteiger partial charge in [-0.05, 0) is 32.2 Å². The Morgan fingerprint density at radius 1 is 1.37 bits per heavy atom. The molecule has 3 heterocycles. The summed E-state index contributed by atoms with van der Waals surface area (Å²) in [5.74, 6) is 1.56. The van der Waals surface area contributed by atoms with Crippen molar-refractivity contribution in [2.24, 2.45) is 0 Å². The van der Waals surface area contributed by atoms with Gasteiger partial charge in [0.1, 0.15) is 12.1 Å².